The van der Waals surface area contributed by atoms with Crippen molar-refractivity contribution in [3.63, 3.8) is 0 Å². The second kappa shape index (κ2) is 6.90. The highest BCUT2D eigenvalue weighted by molar-refractivity contribution is 9.10. The molecule has 8 heteroatoms. The van der Waals surface area contributed by atoms with E-state index in [4.69, 9.17) is 10.2 Å². The summed E-state index contributed by atoms with van der Waals surface area (Å²) in [6.07, 6.45) is -0.694. The molecule has 2 amide bonds. The van der Waals surface area contributed by atoms with Gasteiger partial charge in [-0.2, -0.15) is 0 Å². The molecular weight excluding hydrogens is 332 g/mol. The predicted octanol–water partition coefficient (Wildman–Crippen LogP) is 1.81. The van der Waals surface area contributed by atoms with Crippen LogP contribution in [0.25, 0.3) is 0 Å². The molecule has 4 N–H and O–H groups in total. The Bertz CT molecular complexity index is 547. The Labute approximate surface area is 123 Å². The van der Waals surface area contributed by atoms with Gasteiger partial charge < -0.3 is 20.8 Å². The van der Waals surface area contributed by atoms with E-state index in [1.807, 2.05) is 6.92 Å². The van der Waals surface area contributed by atoms with Gasteiger partial charge in [0, 0.05) is 10.2 Å². The molecule has 0 saturated carbocycles. The molecule has 20 heavy (non-hydrogen) atoms. The third-order valence-corrected chi connectivity index (χ3v) is 3.27. The minimum Gasteiger partial charge on any atom is -0.481 e. The first kappa shape index (κ1) is 16.0. The second-order valence-electron chi connectivity index (χ2n) is 4.05. The molecule has 0 radical (unpaired) electrons. The maximum absolute atomic E-state index is 11.6. The molecule has 0 spiro atoms. The summed E-state index contributed by atoms with van der Waals surface area (Å²) < 4.78 is 0.788. The number of hydrogen-bond donors (Lipinski definition) is 4. The van der Waals surface area contributed by atoms with Gasteiger partial charge in [-0.25, -0.2) is 9.59 Å². The largest absolute Gasteiger partial charge is 0.481 e. The third kappa shape index (κ3) is 4.88. The number of carbonyl (C=O) groups excluding carboxylic acids is 1. The molecule has 0 aliphatic heterocycles. The number of carboxylic acids is 2. The fourth-order valence-electron chi connectivity index (χ4n) is 1.37. The smallest absolute Gasteiger partial charge is 0.326 e. The average molecular weight is 345 g/mol. The molecular formula is C12H13BrN2O5. The molecule has 1 rings (SSSR count). The molecule has 108 valence electrons. The van der Waals surface area contributed by atoms with Crippen LogP contribution in [0.2, 0.25) is 0 Å². The van der Waals surface area contributed by atoms with E-state index < -0.39 is 30.4 Å². The lowest BCUT2D eigenvalue weighted by Crippen LogP contribution is -2.44. The van der Waals surface area contributed by atoms with E-state index in [1.54, 1.807) is 18.2 Å². The molecule has 1 aromatic carbocycles. The number of halogens is 1. The van der Waals surface area contributed by atoms with Crippen molar-refractivity contribution in [1.82, 2.24) is 5.32 Å². The summed E-state index contributed by atoms with van der Waals surface area (Å²) in [7, 11) is 0. The minimum atomic E-state index is -1.48. The molecule has 7 nitrogen and oxygen atoms in total. The highest BCUT2D eigenvalue weighted by Crippen LogP contribution is 2.20. The van der Waals surface area contributed by atoms with Crippen molar-refractivity contribution in [2.24, 2.45) is 0 Å². The zero-order valence-electron chi connectivity index (χ0n) is 10.5. The van der Waals surface area contributed by atoms with Gasteiger partial charge in [0.15, 0.2) is 0 Å². The molecule has 0 heterocycles. The van der Waals surface area contributed by atoms with Gasteiger partial charge in [-0.3, -0.25) is 4.79 Å². The summed E-state index contributed by atoms with van der Waals surface area (Å²) in [6.45, 7) is 1.88. The summed E-state index contributed by atoms with van der Waals surface area (Å²) in [6, 6.07) is 2.80. The van der Waals surface area contributed by atoms with Crippen molar-refractivity contribution in [1.29, 1.82) is 0 Å². The van der Waals surface area contributed by atoms with E-state index in [0.29, 0.717) is 5.69 Å². The molecule has 0 aliphatic rings. The highest BCUT2D eigenvalue weighted by Gasteiger charge is 2.22. The molecule has 0 fully saturated rings. The Balaban J connectivity index is 2.67. The van der Waals surface area contributed by atoms with E-state index >= 15 is 0 Å². The van der Waals surface area contributed by atoms with Gasteiger partial charge in [0.1, 0.15) is 6.04 Å². The van der Waals surface area contributed by atoms with Crippen molar-refractivity contribution in [3.8, 4) is 0 Å². The average Bonchev–Trinajstić information content (AvgIpc) is 2.32. The Hall–Kier alpha value is -2.09. The standard InChI is InChI=1S/C12H13BrN2O5/c1-6-2-3-7(4-8(6)13)14-12(20)15-9(11(18)19)5-10(16)17/h2-4,9H,5H2,1H3,(H,16,17)(H,18,19)(H2,14,15,20)/t9-/m1/s1. The van der Waals surface area contributed by atoms with Gasteiger partial charge in [0.05, 0.1) is 6.42 Å². The molecule has 0 aromatic heterocycles. The Morgan fingerprint density at radius 1 is 1.30 bits per heavy atom. The van der Waals surface area contributed by atoms with Gasteiger partial charge in [-0.15, -0.1) is 0 Å². The Kier molecular flexibility index (Phi) is 5.51. The number of hydrogen-bond acceptors (Lipinski definition) is 3. The number of amides is 2. The van der Waals surface area contributed by atoms with Gasteiger partial charge in [-0.1, -0.05) is 22.0 Å². The molecule has 0 aliphatic carbocycles. The van der Waals surface area contributed by atoms with Gasteiger partial charge >= 0.3 is 18.0 Å². The third-order valence-electron chi connectivity index (χ3n) is 2.41. The molecule has 0 bridgehead atoms. The lowest BCUT2D eigenvalue weighted by molar-refractivity contribution is -0.145. The van der Waals surface area contributed by atoms with Crippen LogP contribution in [-0.2, 0) is 9.59 Å². The van der Waals surface area contributed by atoms with Crippen LogP contribution in [-0.4, -0.2) is 34.2 Å². The molecule has 1 aromatic rings. The maximum Gasteiger partial charge on any atom is 0.326 e. The van der Waals surface area contributed by atoms with Crippen LogP contribution in [0.1, 0.15) is 12.0 Å². The van der Waals surface area contributed by atoms with Crippen molar-refractivity contribution in [2.45, 2.75) is 19.4 Å². The van der Waals surface area contributed by atoms with E-state index in [-0.39, 0.29) is 0 Å². The number of carbonyl (C=O) groups is 3. The summed E-state index contributed by atoms with van der Waals surface area (Å²) in [4.78, 5) is 32.9. The SMILES string of the molecule is Cc1ccc(NC(=O)N[C@H](CC(=O)O)C(=O)O)cc1Br. The second-order valence-corrected chi connectivity index (χ2v) is 4.91. The minimum absolute atomic E-state index is 0.458. The highest BCUT2D eigenvalue weighted by atomic mass is 79.9. The van der Waals surface area contributed by atoms with E-state index in [0.717, 1.165) is 10.0 Å². The normalized spacial score (nSPS) is 11.5. The lowest BCUT2D eigenvalue weighted by atomic mass is 10.2. The lowest BCUT2D eigenvalue weighted by Gasteiger charge is -2.13. The monoisotopic (exact) mass is 344 g/mol. The Morgan fingerprint density at radius 2 is 1.95 bits per heavy atom. The maximum atomic E-state index is 11.6. The van der Waals surface area contributed by atoms with Crippen LogP contribution in [0, 0.1) is 6.92 Å². The van der Waals surface area contributed by atoms with Gasteiger partial charge in [0.25, 0.3) is 0 Å². The Morgan fingerprint density at radius 3 is 2.45 bits per heavy atom. The van der Waals surface area contributed by atoms with Crippen molar-refractivity contribution in [2.75, 3.05) is 5.32 Å². The quantitative estimate of drug-likeness (QED) is 0.650. The number of carboxylic acid groups (broad SMARTS) is 2. The van der Waals surface area contributed by atoms with E-state index in [9.17, 15) is 14.4 Å². The summed E-state index contributed by atoms with van der Waals surface area (Å²) in [5.74, 6) is -2.72. The van der Waals surface area contributed by atoms with Gasteiger partial charge in [0.2, 0.25) is 0 Å². The van der Waals surface area contributed by atoms with E-state index in [2.05, 4.69) is 26.6 Å². The number of nitrogens with one attached hydrogen (secondary N) is 2. The number of benzene rings is 1. The van der Waals surface area contributed by atoms with Crippen LogP contribution in [0.5, 0.6) is 0 Å². The number of anilines is 1. The predicted molar refractivity (Wildman–Crippen MR) is 74.7 cm³/mol. The summed E-state index contributed by atoms with van der Waals surface area (Å²) in [5, 5.41) is 21.9. The summed E-state index contributed by atoms with van der Waals surface area (Å²) >= 11 is 3.30. The first-order chi connectivity index (χ1) is 9.29. The topological polar surface area (TPSA) is 116 Å². The summed E-state index contributed by atoms with van der Waals surface area (Å²) in [5.41, 5.74) is 1.43. The van der Waals surface area contributed by atoms with Crippen LogP contribution in [0.3, 0.4) is 0 Å². The van der Waals surface area contributed by atoms with Gasteiger partial charge in [-0.05, 0) is 24.6 Å². The van der Waals surface area contributed by atoms with Crippen molar-refractivity contribution >= 4 is 39.6 Å². The number of urea groups is 1. The first-order valence-corrected chi connectivity index (χ1v) is 6.37. The van der Waals surface area contributed by atoms with Crippen molar-refractivity contribution in [3.05, 3.63) is 28.2 Å². The van der Waals surface area contributed by atoms with Crippen molar-refractivity contribution < 1.29 is 24.6 Å². The van der Waals surface area contributed by atoms with E-state index in [1.165, 1.54) is 0 Å². The molecule has 0 unspecified atom stereocenters. The van der Waals surface area contributed by atoms with Crippen LogP contribution < -0.4 is 10.6 Å². The zero-order valence-corrected chi connectivity index (χ0v) is 12.1. The fourth-order valence-corrected chi connectivity index (χ4v) is 1.75. The first-order valence-electron chi connectivity index (χ1n) is 5.58. The van der Waals surface area contributed by atoms with Crippen LogP contribution in [0.15, 0.2) is 22.7 Å². The molecule has 0 saturated heterocycles. The zero-order chi connectivity index (χ0) is 15.3. The number of aliphatic carboxylic acids is 2. The van der Waals surface area contributed by atoms with Crippen LogP contribution in [0.4, 0.5) is 10.5 Å². The number of rotatable bonds is 5. The van der Waals surface area contributed by atoms with Crippen LogP contribution >= 0.6 is 15.9 Å². The molecule has 1 atom stereocenters. The number of aryl methyl sites for hydroxylation is 1. The fraction of sp³-hybridized carbons (Fsp3) is 0.250.